The van der Waals surface area contributed by atoms with Gasteiger partial charge in [-0.3, -0.25) is 0 Å². The smallest absolute Gasteiger partial charge is 0.0832 e. The first-order valence-electron chi connectivity index (χ1n) is 5.08. The second-order valence-corrected chi connectivity index (χ2v) is 4.20. The summed E-state index contributed by atoms with van der Waals surface area (Å²) < 4.78 is 1.73. The van der Waals surface area contributed by atoms with Crippen molar-refractivity contribution in [2.45, 2.75) is 20.0 Å². The number of aliphatic hydroxyl groups excluding tert-OH is 1. The molecule has 1 N–H and O–H groups in total. The maximum absolute atomic E-state index is 9.43. The molecule has 0 fully saturated rings. The van der Waals surface area contributed by atoms with Crippen LogP contribution in [0, 0.1) is 6.92 Å². The molecule has 4 heteroatoms. The highest BCUT2D eigenvalue weighted by atomic mass is 35.5. The van der Waals surface area contributed by atoms with E-state index in [4.69, 9.17) is 11.6 Å². The summed E-state index contributed by atoms with van der Waals surface area (Å²) in [6.07, 6.45) is 1.35. The van der Waals surface area contributed by atoms with Crippen molar-refractivity contribution in [1.82, 2.24) is 9.78 Å². The number of nitrogens with zero attached hydrogens (tertiary/aromatic N) is 2. The van der Waals surface area contributed by atoms with E-state index in [1.807, 2.05) is 31.3 Å². The summed E-state index contributed by atoms with van der Waals surface area (Å²) in [7, 11) is 0. The Morgan fingerprint density at radius 2 is 2.12 bits per heavy atom. The first-order valence-corrected chi connectivity index (χ1v) is 5.46. The molecule has 0 spiro atoms. The minimum atomic E-state index is -0.508. The van der Waals surface area contributed by atoms with Gasteiger partial charge in [0, 0.05) is 6.20 Å². The van der Waals surface area contributed by atoms with Crippen LogP contribution in [-0.2, 0) is 0 Å². The van der Waals surface area contributed by atoms with Crippen molar-refractivity contribution in [2.24, 2.45) is 0 Å². The van der Waals surface area contributed by atoms with Gasteiger partial charge in [-0.2, -0.15) is 5.10 Å². The molecule has 16 heavy (non-hydrogen) atoms. The first-order chi connectivity index (χ1) is 7.58. The lowest BCUT2D eigenvalue weighted by Crippen LogP contribution is -1.98. The lowest BCUT2D eigenvalue weighted by Gasteiger charge is -2.08. The summed E-state index contributed by atoms with van der Waals surface area (Å²) >= 11 is 6.15. The van der Waals surface area contributed by atoms with Crippen molar-refractivity contribution < 1.29 is 5.11 Å². The lowest BCUT2D eigenvalue weighted by atomic mass is 10.1. The lowest BCUT2D eigenvalue weighted by molar-refractivity contribution is 0.199. The van der Waals surface area contributed by atoms with E-state index in [-0.39, 0.29) is 0 Å². The van der Waals surface area contributed by atoms with Crippen molar-refractivity contribution in [1.29, 1.82) is 0 Å². The number of hydrogen-bond acceptors (Lipinski definition) is 2. The van der Waals surface area contributed by atoms with Gasteiger partial charge in [0.1, 0.15) is 0 Å². The average molecular weight is 237 g/mol. The van der Waals surface area contributed by atoms with Crippen LogP contribution in [-0.4, -0.2) is 14.9 Å². The van der Waals surface area contributed by atoms with Crippen LogP contribution in [0.4, 0.5) is 0 Å². The molecule has 0 aliphatic heterocycles. The van der Waals surface area contributed by atoms with Gasteiger partial charge >= 0.3 is 0 Å². The molecule has 0 radical (unpaired) electrons. The van der Waals surface area contributed by atoms with Crippen LogP contribution in [0.3, 0.4) is 0 Å². The second kappa shape index (κ2) is 4.28. The van der Waals surface area contributed by atoms with Crippen molar-refractivity contribution >= 4 is 11.6 Å². The van der Waals surface area contributed by atoms with Gasteiger partial charge in [0.25, 0.3) is 0 Å². The van der Waals surface area contributed by atoms with E-state index in [1.54, 1.807) is 17.7 Å². The molecule has 0 amide bonds. The summed E-state index contributed by atoms with van der Waals surface area (Å²) in [5.74, 6) is 0. The summed E-state index contributed by atoms with van der Waals surface area (Å²) in [5.41, 5.74) is 2.56. The van der Waals surface area contributed by atoms with Gasteiger partial charge in [0.15, 0.2) is 0 Å². The summed E-state index contributed by atoms with van der Waals surface area (Å²) in [6, 6.07) is 7.39. The predicted molar refractivity (Wildman–Crippen MR) is 63.9 cm³/mol. The Kier molecular flexibility index (Phi) is 2.99. The van der Waals surface area contributed by atoms with Gasteiger partial charge in [0.2, 0.25) is 0 Å². The fourth-order valence-electron chi connectivity index (χ4n) is 1.52. The molecular weight excluding hydrogens is 224 g/mol. The Bertz CT molecular complexity index is 505. The second-order valence-electron chi connectivity index (χ2n) is 3.79. The molecule has 0 unspecified atom stereocenters. The van der Waals surface area contributed by atoms with Crippen molar-refractivity contribution in [3.8, 4) is 5.69 Å². The van der Waals surface area contributed by atoms with Crippen molar-refractivity contribution in [3.05, 3.63) is 46.7 Å². The van der Waals surface area contributed by atoms with Crippen molar-refractivity contribution in [3.63, 3.8) is 0 Å². The topological polar surface area (TPSA) is 38.0 Å². The van der Waals surface area contributed by atoms with Gasteiger partial charge in [-0.25, -0.2) is 4.68 Å². The van der Waals surface area contributed by atoms with Gasteiger partial charge in [-0.05, 0) is 37.6 Å². The Hall–Kier alpha value is -1.32. The van der Waals surface area contributed by atoms with Crippen LogP contribution in [0.15, 0.2) is 30.5 Å². The zero-order valence-corrected chi connectivity index (χ0v) is 9.94. The van der Waals surface area contributed by atoms with Gasteiger partial charge < -0.3 is 5.11 Å². The number of aromatic nitrogens is 2. The summed E-state index contributed by atoms with van der Waals surface area (Å²) in [4.78, 5) is 0. The van der Waals surface area contributed by atoms with E-state index in [1.165, 1.54) is 0 Å². The third-order valence-electron chi connectivity index (χ3n) is 2.42. The zero-order valence-electron chi connectivity index (χ0n) is 9.18. The molecule has 84 valence electrons. The predicted octanol–water partition coefficient (Wildman–Crippen LogP) is 2.89. The van der Waals surface area contributed by atoms with Crippen LogP contribution in [0.25, 0.3) is 5.69 Å². The molecular formula is C12H13ClN2O. The maximum atomic E-state index is 9.43. The highest BCUT2D eigenvalue weighted by Gasteiger charge is 2.07. The molecule has 0 bridgehead atoms. The quantitative estimate of drug-likeness (QED) is 0.871. The molecule has 1 atom stereocenters. The normalized spacial score (nSPS) is 12.8. The highest BCUT2D eigenvalue weighted by molar-refractivity contribution is 6.32. The molecule has 2 aromatic rings. The molecule has 1 heterocycles. The van der Waals surface area contributed by atoms with Crippen LogP contribution in [0.5, 0.6) is 0 Å². The Balaban J connectivity index is 2.44. The number of halogens is 1. The Morgan fingerprint density at radius 3 is 2.62 bits per heavy atom. The van der Waals surface area contributed by atoms with Crippen molar-refractivity contribution in [2.75, 3.05) is 0 Å². The summed E-state index contributed by atoms with van der Waals surface area (Å²) in [5, 5.41) is 14.3. The number of hydrogen-bond donors (Lipinski definition) is 1. The molecule has 3 nitrogen and oxygen atoms in total. The minimum absolute atomic E-state index is 0.508. The number of rotatable bonds is 2. The first kappa shape index (κ1) is 11.2. The molecule has 0 aliphatic rings. The van der Waals surface area contributed by atoms with E-state index in [0.717, 1.165) is 16.9 Å². The number of aryl methyl sites for hydroxylation is 1. The van der Waals surface area contributed by atoms with E-state index in [2.05, 4.69) is 5.10 Å². The summed E-state index contributed by atoms with van der Waals surface area (Å²) in [6.45, 7) is 3.64. The molecule has 2 rings (SSSR count). The van der Waals surface area contributed by atoms with Crippen LogP contribution in [0.2, 0.25) is 5.02 Å². The zero-order chi connectivity index (χ0) is 11.7. The SMILES string of the molecule is Cc1ccn(-c2ccc([C@H](C)O)cc2Cl)n1. The van der Waals surface area contributed by atoms with Gasteiger partial charge in [-0.15, -0.1) is 0 Å². The largest absolute Gasteiger partial charge is 0.389 e. The minimum Gasteiger partial charge on any atom is -0.389 e. The number of benzene rings is 1. The third-order valence-corrected chi connectivity index (χ3v) is 2.73. The fraction of sp³-hybridized carbons (Fsp3) is 0.250. The van der Waals surface area contributed by atoms with Crippen LogP contribution >= 0.6 is 11.6 Å². The maximum Gasteiger partial charge on any atom is 0.0832 e. The van der Waals surface area contributed by atoms with Gasteiger partial charge in [0.05, 0.1) is 22.5 Å². The molecule has 0 aliphatic carbocycles. The number of aliphatic hydroxyl groups is 1. The monoisotopic (exact) mass is 236 g/mol. The molecule has 1 aromatic heterocycles. The van der Waals surface area contributed by atoms with E-state index in [9.17, 15) is 5.11 Å². The van der Waals surface area contributed by atoms with Crippen LogP contribution < -0.4 is 0 Å². The van der Waals surface area contributed by atoms with E-state index < -0.39 is 6.10 Å². The Labute approximate surface area is 99.3 Å². The standard InChI is InChI=1S/C12H13ClN2O/c1-8-5-6-15(14-8)12-4-3-10(9(2)16)7-11(12)13/h3-7,9,16H,1-2H3/t9-/m0/s1. The van der Waals surface area contributed by atoms with Crippen LogP contribution in [0.1, 0.15) is 24.3 Å². The third kappa shape index (κ3) is 2.10. The average Bonchev–Trinajstić information content (AvgIpc) is 2.64. The highest BCUT2D eigenvalue weighted by Crippen LogP contribution is 2.24. The molecule has 0 saturated carbocycles. The van der Waals surface area contributed by atoms with E-state index >= 15 is 0 Å². The van der Waals surface area contributed by atoms with E-state index in [0.29, 0.717) is 5.02 Å². The fourth-order valence-corrected chi connectivity index (χ4v) is 1.79. The Morgan fingerprint density at radius 1 is 1.38 bits per heavy atom. The molecule has 1 aromatic carbocycles. The van der Waals surface area contributed by atoms with Gasteiger partial charge in [-0.1, -0.05) is 17.7 Å². The molecule has 0 saturated heterocycles.